The molecule has 7 rings (SSSR count). The van der Waals surface area contributed by atoms with Crippen molar-refractivity contribution in [3.8, 4) is 22.3 Å². The summed E-state index contributed by atoms with van der Waals surface area (Å²) >= 11 is 0. The van der Waals surface area contributed by atoms with E-state index in [1.807, 2.05) is 0 Å². The van der Waals surface area contributed by atoms with Gasteiger partial charge in [-0.15, -0.1) is 0 Å². The van der Waals surface area contributed by atoms with Gasteiger partial charge >= 0.3 is 0 Å². The summed E-state index contributed by atoms with van der Waals surface area (Å²) in [6, 6.07) is 25.0. The maximum atomic E-state index is 2.62. The summed E-state index contributed by atoms with van der Waals surface area (Å²) in [5.74, 6) is 0.317. The van der Waals surface area contributed by atoms with Gasteiger partial charge in [0.2, 0.25) is 5.69 Å². The molecule has 0 N–H and O–H groups in total. The minimum Gasteiger partial charge on any atom is -0.192 e. The van der Waals surface area contributed by atoms with Crippen LogP contribution in [0.25, 0.3) is 22.3 Å². The molecule has 3 aliphatic rings. The second-order valence-electron chi connectivity index (χ2n) is 9.61. The Kier molecular flexibility index (Phi) is 2.92. The third-order valence-corrected chi connectivity index (χ3v) is 7.68. The molecule has 0 saturated heterocycles. The van der Waals surface area contributed by atoms with E-state index in [0.717, 1.165) is 6.42 Å². The van der Waals surface area contributed by atoms with Gasteiger partial charge in [0.1, 0.15) is 0 Å². The molecule has 0 amide bonds. The molecule has 0 fully saturated rings. The van der Waals surface area contributed by atoms with E-state index < -0.39 is 0 Å². The van der Waals surface area contributed by atoms with Crippen LogP contribution < -0.4 is 4.57 Å². The lowest BCUT2D eigenvalue weighted by Crippen LogP contribution is -2.59. The summed E-state index contributed by atoms with van der Waals surface area (Å²) in [6.45, 7) is 7.07. The fourth-order valence-electron chi connectivity index (χ4n) is 6.61. The fraction of sp³-hybridized carbons (Fsp3) is 0.207. The number of rotatable bonds is 0. The highest BCUT2D eigenvalue weighted by Crippen LogP contribution is 2.56. The maximum Gasteiger partial charge on any atom is 0.202 e. The normalized spacial score (nSPS) is 18.3. The number of aromatic nitrogens is 1. The SMILES string of the molecule is Cc1cccc2c1C(C)(C)[n+]1cc3c(c4c1C2c1ccccc1-4)-c1ccccc1C3. The first kappa shape index (κ1) is 16.6. The smallest absolute Gasteiger partial charge is 0.192 e. The largest absolute Gasteiger partial charge is 0.202 e. The molecule has 0 bridgehead atoms. The van der Waals surface area contributed by atoms with Gasteiger partial charge in [0, 0.05) is 37.0 Å². The third-order valence-electron chi connectivity index (χ3n) is 7.68. The molecule has 1 atom stereocenters. The van der Waals surface area contributed by atoms with Crippen molar-refractivity contribution in [1.29, 1.82) is 0 Å². The Hall–Kier alpha value is -3.19. The van der Waals surface area contributed by atoms with Crippen LogP contribution in [0.15, 0.2) is 72.9 Å². The number of benzene rings is 3. The fourth-order valence-corrected chi connectivity index (χ4v) is 6.61. The zero-order valence-electron chi connectivity index (χ0n) is 17.7. The van der Waals surface area contributed by atoms with Crippen LogP contribution in [0, 0.1) is 6.92 Å². The van der Waals surface area contributed by atoms with E-state index in [0.29, 0.717) is 5.92 Å². The van der Waals surface area contributed by atoms with E-state index in [4.69, 9.17) is 0 Å². The second-order valence-corrected chi connectivity index (χ2v) is 9.61. The molecule has 1 aliphatic heterocycles. The Labute approximate surface area is 177 Å². The van der Waals surface area contributed by atoms with Gasteiger partial charge in [0.25, 0.3) is 0 Å². The number of aryl methyl sites for hydroxylation is 1. The van der Waals surface area contributed by atoms with Crippen LogP contribution in [-0.4, -0.2) is 0 Å². The summed E-state index contributed by atoms with van der Waals surface area (Å²) in [5, 5.41) is 0. The Bertz CT molecular complexity index is 1410. The quantitative estimate of drug-likeness (QED) is 0.277. The first-order chi connectivity index (χ1) is 14.6. The van der Waals surface area contributed by atoms with E-state index >= 15 is 0 Å². The third kappa shape index (κ3) is 1.78. The number of nitrogens with zero attached hydrogens (tertiary/aromatic N) is 1. The lowest BCUT2D eigenvalue weighted by Gasteiger charge is -2.34. The summed E-state index contributed by atoms with van der Waals surface area (Å²) < 4.78 is 2.62. The van der Waals surface area contributed by atoms with E-state index in [9.17, 15) is 0 Å². The van der Waals surface area contributed by atoms with E-state index in [1.165, 1.54) is 61.3 Å². The molecule has 30 heavy (non-hydrogen) atoms. The summed E-state index contributed by atoms with van der Waals surface area (Å²) in [4.78, 5) is 0. The van der Waals surface area contributed by atoms with Crippen LogP contribution in [-0.2, 0) is 12.0 Å². The lowest BCUT2D eigenvalue weighted by atomic mass is 9.75. The van der Waals surface area contributed by atoms with E-state index in [-0.39, 0.29) is 5.54 Å². The molecule has 3 aromatic carbocycles. The van der Waals surface area contributed by atoms with Crippen LogP contribution in [0.1, 0.15) is 58.8 Å². The average molecular weight is 387 g/mol. The zero-order chi connectivity index (χ0) is 20.2. The number of fused-ring (bicyclic) bond motifs is 9. The Morgan fingerprint density at radius 1 is 0.767 bits per heavy atom. The van der Waals surface area contributed by atoms with Crippen molar-refractivity contribution in [2.24, 2.45) is 0 Å². The van der Waals surface area contributed by atoms with Crippen molar-refractivity contribution in [2.75, 3.05) is 0 Å². The van der Waals surface area contributed by atoms with E-state index in [1.54, 1.807) is 0 Å². The topological polar surface area (TPSA) is 3.88 Å². The maximum absolute atomic E-state index is 2.62. The van der Waals surface area contributed by atoms with Crippen LogP contribution >= 0.6 is 0 Å². The minimum absolute atomic E-state index is 0.0763. The van der Waals surface area contributed by atoms with Crippen LogP contribution in [0.3, 0.4) is 0 Å². The van der Waals surface area contributed by atoms with Gasteiger partial charge in [-0.1, -0.05) is 66.7 Å². The zero-order valence-corrected chi connectivity index (χ0v) is 17.7. The van der Waals surface area contributed by atoms with Gasteiger partial charge in [0.15, 0.2) is 11.7 Å². The average Bonchev–Trinajstić information content (AvgIpc) is 3.27. The van der Waals surface area contributed by atoms with Gasteiger partial charge in [-0.3, -0.25) is 0 Å². The molecule has 2 aliphatic carbocycles. The number of pyridine rings is 1. The first-order valence-corrected chi connectivity index (χ1v) is 11.0. The van der Waals surface area contributed by atoms with Crippen molar-refractivity contribution in [2.45, 2.75) is 38.6 Å². The molecule has 1 unspecified atom stereocenters. The summed E-state index contributed by atoms with van der Waals surface area (Å²) in [5.41, 5.74) is 15.9. The van der Waals surface area contributed by atoms with Gasteiger partial charge in [0.05, 0.1) is 11.5 Å². The molecule has 1 heteroatoms. The molecule has 4 aromatic rings. The van der Waals surface area contributed by atoms with Crippen LogP contribution in [0.5, 0.6) is 0 Å². The summed E-state index contributed by atoms with van der Waals surface area (Å²) in [7, 11) is 0. The monoisotopic (exact) mass is 386 g/mol. The predicted molar refractivity (Wildman–Crippen MR) is 121 cm³/mol. The minimum atomic E-state index is -0.0763. The van der Waals surface area contributed by atoms with Crippen LogP contribution in [0.4, 0.5) is 0 Å². The van der Waals surface area contributed by atoms with Crippen molar-refractivity contribution in [3.05, 3.63) is 112 Å². The molecule has 144 valence electrons. The number of hydrogen-bond acceptors (Lipinski definition) is 0. The van der Waals surface area contributed by atoms with Gasteiger partial charge in [-0.05, 0) is 40.3 Å². The first-order valence-electron chi connectivity index (χ1n) is 11.0. The molecule has 1 nitrogen and oxygen atoms in total. The lowest BCUT2D eigenvalue weighted by molar-refractivity contribution is -0.756. The molecule has 0 spiro atoms. The molecule has 1 aromatic heterocycles. The van der Waals surface area contributed by atoms with Crippen LogP contribution in [0.2, 0.25) is 0 Å². The van der Waals surface area contributed by atoms with Crippen molar-refractivity contribution >= 4 is 0 Å². The van der Waals surface area contributed by atoms with E-state index in [2.05, 4.69) is 98.3 Å². The molecule has 2 heterocycles. The Morgan fingerprint density at radius 2 is 1.50 bits per heavy atom. The molecule has 0 radical (unpaired) electrons. The standard InChI is InChI=1S/C29H24N/c1-17-9-8-14-23-25-21-12-6-7-13-22(21)26-24-19(15-18-10-4-5-11-20(18)24)16-30(28(25)26)29(2,3)27(17)23/h4-14,16,25H,15H2,1-3H3/q+1. The van der Waals surface area contributed by atoms with Crippen molar-refractivity contribution in [3.63, 3.8) is 0 Å². The second kappa shape index (κ2) is 5.29. The molecule has 0 saturated carbocycles. The summed E-state index contributed by atoms with van der Waals surface area (Å²) in [6.07, 6.45) is 3.50. The van der Waals surface area contributed by atoms with Crippen molar-refractivity contribution in [1.82, 2.24) is 0 Å². The highest BCUT2D eigenvalue weighted by Gasteiger charge is 2.52. The van der Waals surface area contributed by atoms with Gasteiger partial charge in [-0.25, -0.2) is 0 Å². The van der Waals surface area contributed by atoms with Gasteiger partial charge in [-0.2, -0.15) is 4.57 Å². The highest BCUT2D eigenvalue weighted by atomic mass is 15.1. The molecular formula is C29H24N+. The van der Waals surface area contributed by atoms with Crippen molar-refractivity contribution < 1.29 is 4.57 Å². The predicted octanol–water partition coefficient (Wildman–Crippen LogP) is 6.11. The molecular weight excluding hydrogens is 362 g/mol. The number of hydrogen-bond donors (Lipinski definition) is 0. The Morgan fingerprint density at radius 3 is 2.37 bits per heavy atom. The highest BCUT2D eigenvalue weighted by molar-refractivity contribution is 5.95. The Balaban J connectivity index is 1.69. The van der Waals surface area contributed by atoms with Gasteiger partial charge < -0.3 is 0 Å².